The highest BCUT2D eigenvalue weighted by atomic mass is 16.8. The molecule has 19 nitrogen and oxygen atoms in total. The fraction of sp³-hybridized carbons (Fsp3) is 0.955. The third-order valence-corrected chi connectivity index (χ3v) is 17.8. The van der Waals surface area contributed by atoms with Crippen molar-refractivity contribution in [2.75, 3.05) is 26.4 Å². The molecule has 3 fully saturated rings. The van der Waals surface area contributed by atoms with Gasteiger partial charge in [-0.3, -0.25) is 4.79 Å². The molecule has 0 aliphatic carbocycles. The molecule has 19 heteroatoms. The van der Waals surface area contributed by atoms with Crippen LogP contribution in [0, 0.1) is 0 Å². The van der Waals surface area contributed by atoms with Crippen LogP contribution in [0.1, 0.15) is 277 Å². The van der Waals surface area contributed by atoms with Crippen LogP contribution in [0.5, 0.6) is 0 Å². The first-order valence-corrected chi connectivity index (χ1v) is 34.9. The summed E-state index contributed by atoms with van der Waals surface area (Å²) in [4.78, 5) is 13.4. The average molecular weight is 1230 g/mol. The summed E-state index contributed by atoms with van der Waals surface area (Å²) < 4.78 is 34.3. The van der Waals surface area contributed by atoms with Crippen molar-refractivity contribution in [2.45, 2.75) is 381 Å². The van der Waals surface area contributed by atoms with E-state index >= 15 is 0 Å². The lowest BCUT2D eigenvalue weighted by Crippen LogP contribution is -2.66. The number of carbonyl (C=O) groups excluding carboxylic acids is 1. The Morgan fingerprint density at radius 3 is 1.09 bits per heavy atom. The van der Waals surface area contributed by atoms with Gasteiger partial charge < -0.3 is 89.9 Å². The molecular weight excluding hydrogens is 1110 g/mol. The quantitative estimate of drug-likeness (QED) is 0.0200. The normalized spacial score (nSPS) is 28.8. The van der Waals surface area contributed by atoms with E-state index in [0.29, 0.717) is 6.42 Å². The van der Waals surface area contributed by atoms with Gasteiger partial charge in [0.15, 0.2) is 18.9 Å². The van der Waals surface area contributed by atoms with Crippen molar-refractivity contribution in [3.05, 3.63) is 12.2 Å². The maximum Gasteiger partial charge on any atom is 0.220 e. The smallest absolute Gasteiger partial charge is 0.220 e. The molecule has 86 heavy (non-hydrogen) atoms. The molecule has 0 spiro atoms. The van der Waals surface area contributed by atoms with E-state index in [0.717, 1.165) is 44.9 Å². The van der Waals surface area contributed by atoms with Gasteiger partial charge in [-0.25, -0.2) is 0 Å². The van der Waals surface area contributed by atoms with E-state index in [-0.39, 0.29) is 18.9 Å². The second-order valence-corrected chi connectivity index (χ2v) is 25.4. The second-order valence-electron chi connectivity index (χ2n) is 25.4. The summed E-state index contributed by atoms with van der Waals surface area (Å²) in [5.74, 6) is -0.270. The van der Waals surface area contributed by atoms with E-state index < -0.39 is 124 Å². The van der Waals surface area contributed by atoms with E-state index in [9.17, 15) is 61.0 Å². The van der Waals surface area contributed by atoms with Gasteiger partial charge in [0, 0.05) is 6.42 Å². The molecule has 12 N–H and O–H groups in total. The topological polar surface area (TPSA) is 307 Å². The number of aliphatic hydroxyl groups excluding tert-OH is 11. The molecule has 3 saturated heterocycles. The van der Waals surface area contributed by atoms with Gasteiger partial charge in [-0.05, 0) is 19.3 Å². The zero-order valence-electron chi connectivity index (χ0n) is 53.6. The first-order valence-electron chi connectivity index (χ1n) is 34.9. The molecule has 17 atom stereocenters. The molecule has 508 valence electrons. The van der Waals surface area contributed by atoms with Crippen LogP contribution in [0.2, 0.25) is 0 Å². The molecule has 0 saturated carbocycles. The number of carbonyl (C=O) groups is 1. The molecule has 3 aliphatic rings. The van der Waals surface area contributed by atoms with E-state index in [4.69, 9.17) is 28.4 Å². The average Bonchev–Trinajstić information content (AvgIpc) is 2.54. The van der Waals surface area contributed by atoms with Gasteiger partial charge in [-0.15, -0.1) is 0 Å². The van der Waals surface area contributed by atoms with E-state index in [2.05, 4.69) is 19.2 Å². The summed E-state index contributed by atoms with van der Waals surface area (Å²) in [5.41, 5.74) is 0. The Balaban J connectivity index is 1.40. The van der Waals surface area contributed by atoms with Gasteiger partial charge in [0.1, 0.15) is 73.2 Å². The molecule has 1 amide bonds. The van der Waals surface area contributed by atoms with Crippen molar-refractivity contribution in [2.24, 2.45) is 0 Å². The number of hydrogen-bond donors (Lipinski definition) is 12. The largest absolute Gasteiger partial charge is 0.394 e. The van der Waals surface area contributed by atoms with Crippen LogP contribution in [0.4, 0.5) is 0 Å². The van der Waals surface area contributed by atoms with Crippen LogP contribution < -0.4 is 5.32 Å². The van der Waals surface area contributed by atoms with Crippen LogP contribution in [0.15, 0.2) is 12.2 Å². The fourth-order valence-corrected chi connectivity index (χ4v) is 12.1. The molecule has 3 rings (SSSR count). The molecule has 17 unspecified atom stereocenters. The lowest BCUT2D eigenvalue weighted by molar-refractivity contribution is -0.379. The number of amides is 1. The van der Waals surface area contributed by atoms with E-state index in [1.54, 1.807) is 6.08 Å². The molecule has 3 aliphatic heterocycles. The molecule has 0 bridgehead atoms. The summed E-state index contributed by atoms with van der Waals surface area (Å²) in [7, 11) is 0. The molecule has 0 radical (unpaired) electrons. The van der Waals surface area contributed by atoms with Crippen molar-refractivity contribution in [3.8, 4) is 0 Å². The summed E-state index contributed by atoms with van der Waals surface area (Å²) in [6, 6.07) is -0.968. The first-order chi connectivity index (χ1) is 41.8. The highest BCUT2D eigenvalue weighted by molar-refractivity contribution is 5.76. The Kier molecular flexibility index (Phi) is 45.9. The Morgan fingerprint density at radius 2 is 0.721 bits per heavy atom. The van der Waals surface area contributed by atoms with Gasteiger partial charge in [-0.1, -0.05) is 264 Å². The van der Waals surface area contributed by atoms with Gasteiger partial charge in [0.25, 0.3) is 0 Å². The molecule has 0 aromatic rings. The minimum Gasteiger partial charge on any atom is -0.394 e. The van der Waals surface area contributed by atoms with Gasteiger partial charge in [0.2, 0.25) is 5.91 Å². The zero-order chi connectivity index (χ0) is 62.6. The minimum absolute atomic E-state index is 0.250. The molecule has 0 aromatic heterocycles. The van der Waals surface area contributed by atoms with Crippen LogP contribution in [-0.2, 0) is 33.2 Å². The van der Waals surface area contributed by atoms with Gasteiger partial charge in [-0.2, -0.15) is 0 Å². The second kappa shape index (κ2) is 50.1. The van der Waals surface area contributed by atoms with Crippen molar-refractivity contribution >= 4 is 5.91 Å². The zero-order valence-corrected chi connectivity index (χ0v) is 53.6. The minimum atomic E-state index is -1.98. The highest BCUT2D eigenvalue weighted by Gasteiger charge is 2.53. The Bertz CT molecular complexity index is 1620. The predicted octanol–water partition coefficient (Wildman–Crippen LogP) is 8.89. The number of rotatable bonds is 54. The van der Waals surface area contributed by atoms with E-state index in [1.807, 2.05) is 6.08 Å². The number of aliphatic hydroxyl groups is 11. The SMILES string of the molecule is CCCCCCCCCCCCCC/C=C/C(O)C(COC1OC(CO)C(OC2OC(CO)C(OC3OC(CO)C(O)C(O)C3O)C(O)C2O)C(O)C1O)NC(=O)CCCCCCCCCCCCCCCCCCCCCCCCCCCCC. The summed E-state index contributed by atoms with van der Waals surface area (Å²) in [6.45, 7) is 1.76. The van der Waals surface area contributed by atoms with Crippen LogP contribution in [-0.4, -0.2) is 193 Å². The maximum absolute atomic E-state index is 13.4. The Labute approximate surface area is 518 Å². The number of unbranched alkanes of at least 4 members (excludes halogenated alkanes) is 38. The first kappa shape index (κ1) is 78.8. The monoisotopic (exact) mass is 1230 g/mol. The standard InChI is InChI=1S/C67H127NO18/c1-3-5-7-9-11-13-15-17-19-20-21-22-23-24-25-26-27-28-29-30-31-33-35-37-39-41-43-45-55(73)68-50(51(72)44-42-40-38-36-34-32-18-16-14-12-10-8-6-4-2)49-81-65-61(79)58(76)63(53(47-70)83-65)86-67-62(80)59(77)64(54(48-71)84-67)85-66-60(78)57(75)56(74)52(46-69)82-66/h42,44,50-54,56-67,69-72,74-80H,3-41,43,45-49H2,1-2H3,(H,68,73)/b44-42+. The van der Waals surface area contributed by atoms with Crippen LogP contribution in [0.3, 0.4) is 0 Å². The lowest BCUT2D eigenvalue weighted by Gasteiger charge is -2.48. The van der Waals surface area contributed by atoms with Gasteiger partial charge >= 0.3 is 0 Å². The number of nitrogens with one attached hydrogen (secondary N) is 1. The summed E-state index contributed by atoms with van der Waals surface area (Å²) in [6.07, 6.45) is 27.7. The molecule has 0 aromatic carbocycles. The van der Waals surface area contributed by atoms with Crippen molar-refractivity contribution in [1.29, 1.82) is 0 Å². The number of ether oxygens (including phenoxy) is 6. The molecule has 3 heterocycles. The lowest BCUT2D eigenvalue weighted by atomic mass is 9.96. The predicted molar refractivity (Wildman–Crippen MR) is 333 cm³/mol. The summed E-state index contributed by atoms with van der Waals surface area (Å²) in [5, 5.41) is 120. The summed E-state index contributed by atoms with van der Waals surface area (Å²) >= 11 is 0. The Morgan fingerprint density at radius 1 is 0.407 bits per heavy atom. The molecular formula is C67H127NO18. The number of allylic oxidation sites excluding steroid dienone is 1. The third kappa shape index (κ3) is 32.2. The van der Waals surface area contributed by atoms with Crippen LogP contribution >= 0.6 is 0 Å². The van der Waals surface area contributed by atoms with Crippen molar-refractivity contribution < 1.29 is 89.4 Å². The maximum atomic E-state index is 13.4. The fourth-order valence-electron chi connectivity index (χ4n) is 12.1. The third-order valence-electron chi connectivity index (χ3n) is 17.8. The van der Waals surface area contributed by atoms with Crippen molar-refractivity contribution in [3.63, 3.8) is 0 Å². The van der Waals surface area contributed by atoms with Crippen LogP contribution in [0.25, 0.3) is 0 Å². The van der Waals surface area contributed by atoms with E-state index in [1.165, 1.54) is 205 Å². The highest BCUT2D eigenvalue weighted by Crippen LogP contribution is 2.33. The number of hydrogen-bond acceptors (Lipinski definition) is 18. The van der Waals surface area contributed by atoms with Crippen molar-refractivity contribution in [1.82, 2.24) is 5.32 Å². The Hall–Kier alpha value is -1.47. The van der Waals surface area contributed by atoms with Gasteiger partial charge in [0.05, 0.1) is 38.6 Å².